The maximum atomic E-state index is 4.09. The maximum absolute atomic E-state index is 4.09. The largest absolute Gasteiger partial charge is 0.334 e. The van der Waals surface area contributed by atoms with E-state index in [1.807, 2.05) is 24.1 Å². The summed E-state index contributed by atoms with van der Waals surface area (Å²) in [4.78, 5) is 4.09. The van der Waals surface area contributed by atoms with Crippen LogP contribution in [0.2, 0.25) is 0 Å². The van der Waals surface area contributed by atoms with Crippen molar-refractivity contribution in [2.45, 2.75) is 33.6 Å². The van der Waals surface area contributed by atoms with E-state index < -0.39 is 0 Å². The fourth-order valence-corrected chi connectivity index (χ4v) is 1.42. The molecule has 2 heteroatoms. The number of nitrogens with zero attached hydrogens (tertiary/aromatic N) is 2. The first kappa shape index (κ1) is 11.8. The van der Waals surface area contributed by atoms with Gasteiger partial charge in [-0.05, 0) is 39.7 Å². The molecule has 1 rings (SSSR count). The quantitative estimate of drug-likeness (QED) is 0.685. The number of hydrogen-bond acceptors (Lipinski definition) is 1. The number of aromatic nitrogens is 2. The van der Waals surface area contributed by atoms with Crippen LogP contribution < -0.4 is 0 Å². The molecule has 0 atom stereocenters. The highest BCUT2D eigenvalue weighted by atomic mass is 15.0. The summed E-state index contributed by atoms with van der Waals surface area (Å²) in [6.07, 6.45) is 10.4. The average molecular weight is 204 g/mol. The molecule has 0 aromatic carbocycles. The van der Waals surface area contributed by atoms with Crippen molar-refractivity contribution in [3.05, 3.63) is 35.4 Å². The lowest BCUT2D eigenvalue weighted by Crippen LogP contribution is -1.88. The Morgan fingerprint density at radius 3 is 2.67 bits per heavy atom. The van der Waals surface area contributed by atoms with Gasteiger partial charge in [0.25, 0.3) is 0 Å². The van der Waals surface area contributed by atoms with Gasteiger partial charge in [0.2, 0.25) is 0 Å². The van der Waals surface area contributed by atoms with E-state index in [0.717, 1.165) is 12.8 Å². The molecule has 1 aromatic rings. The second-order valence-corrected chi connectivity index (χ2v) is 4.24. The van der Waals surface area contributed by atoms with E-state index in [0.29, 0.717) is 0 Å². The molecular weight excluding hydrogens is 184 g/mol. The fourth-order valence-electron chi connectivity index (χ4n) is 1.42. The molecule has 15 heavy (non-hydrogen) atoms. The third-order valence-corrected chi connectivity index (χ3v) is 2.34. The summed E-state index contributed by atoms with van der Waals surface area (Å²) >= 11 is 0. The standard InChI is InChI=1S/C13H20N2/c1-11(2)6-5-7-12(3)8-13-9-14-10-15(13)4/h6,8-10H,5,7H2,1-4H3/b12-8+. The molecule has 0 saturated carbocycles. The summed E-state index contributed by atoms with van der Waals surface area (Å²) < 4.78 is 2.03. The van der Waals surface area contributed by atoms with Crippen LogP contribution in [0.5, 0.6) is 0 Å². The first-order chi connectivity index (χ1) is 7.09. The zero-order chi connectivity index (χ0) is 11.3. The first-order valence-electron chi connectivity index (χ1n) is 5.36. The lowest BCUT2D eigenvalue weighted by Gasteiger charge is -2.00. The number of hydrogen-bond donors (Lipinski definition) is 0. The Morgan fingerprint density at radius 1 is 1.40 bits per heavy atom. The zero-order valence-corrected chi connectivity index (χ0v) is 10.1. The molecule has 0 radical (unpaired) electrons. The minimum atomic E-state index is 1.12. The molecule has 0 aliphatic heterocycles. The molecule has 1 heterocycles. The van der Waals surface area contributed by atoms with Crippen molar-refractivity contribution < 1.29 is 0 Å². The molecule has 82 valence electrons. The lowest BCUT2D eigenvalue weighted by atomic mass is 10.1. The number of allylic oxidation sites excluding steroid dienone is 3. The Bertz CT molecular complexity index is 366. The van der Waals surface area contributed by atoms with Crippen LogP contribution in [0.25, 0.3) is 6.08 Å². The Hall–Kier alpha value is -1.31. The molecule has 0 fully saturated rings. The van der Waals surface area contributed by atoms with Crippen LogP contribution in [-0.4, -0.2) is 9.55 Å². The van der Waals surface area contributed by atoms with Crippen molar-refractivity contribution in [2.75, 3.05) is 0 Å². The van der Waals surface area contributed by atoms with Gasteiger partial charge in [-0.2, -0.15) is 0 Å². The van der Waals surface area contributed by atoms with Gasteiger partial charge in [-0.3, -0.25) is 0 Å². The van der Waals surface area contributed by atoms with Crippen LogP contribution in [0.4, 0.5) is 0 Å². The topological polar surface area (TPSA) is 17.8 Å². The Labute approximate surface area is 92.3 Å². The average Bonchev–Trinajstić information content (AvgIpc) is 2.51. The molecule has 0 aliphatic carbocycles. The van der Waals surface area contributed by atoms with Crippen LogP contribution in [-0.2, 0) is 7.05 Å². The number of aryl methyl sites for hydroxylation is 1. The number of imidazole rings is 1. The summed E-state index contributed by atoms with van der Waals surface area (Å²) in [5, 5.41) is 0. The van der Waals surface area contributed by atoms with Gasteiger partial charge < -0.3 is 4.57 Å². The smallest absolute Gasteiger partial charge is 0.0948 e. The van der Waals surface area contributed by atoms with Crippen LogP contribution in [0.3, 0.4) is 0 Å². The SMILES string of the molecule is CC(C)=CCC/C(C)=C/c1cncn1C. The molecule has 0 spiro atoms. The van der Waals surface area contributed by atoms with Crippen molar-refractivity contribution in [3.8, 4) is 0 Å². The minimum Gasteiger partial charge on any atom is -0.334 e. The van der Waals surface area contributed by atoms with Crippen molar-refractivity contribution in [2.24, 2.45) is 7.05 Å². The van der Waals surface area contributed by atoms with Gasteiger partial charge in [0.1, 0.15) is 0 Å². The van der Waals surface area contributed by atoms with Gasteiger partial charge >= 0.3 is 0 Å². The highest BCUT2D eigenvalue weighted by Gasteiger charge is 1.95. The van der Waals surface area contributed by atoms with Crippen molar-refractivity contribution in [3.63, 3.8) is 0 Å². The van der Waals surface area contributed by atoms with Crippen LogP contribution in [0.1, 0.15) is 39.3 Å². The highest BCUT2D eigenvalue weighted by molar-refractivity contribution is 5.47. The predicted octanol–water partition coefficient (Wildman–Crippen LogP) is 3.57. The molecule has 0 saturated heterocycles. The third kappa shape index (κ3) is 4.15. The summed E-state index contributed by atoms with van der Waals surface area (Å²) in [6, 6.07) is 0. The number of rotatable bonds is 4. The second-order valence-electron chi connectivity index (χ2n) is 4.24. The molecule has 0 unspecified atom stereocenters. The van der Waals surface area contributed by atoms with E-state index in [1.165, 1.54) is 16.8 Å². The van der Waals surface area contributed by atoms with Gasteiger partial charge in [0.05, 0.1) is 18.2 Å². The maximum Gasteiger partial charge on any atom is 0.0948 e. The molecule has 0 aliphatic rings. The Morgan fingerprint density at radius 2 is 2.13 bits per heavy atom. The normalized spacial score (nSPS) is 11.6. The summed E-state index contributed by atoms with van der Waals surface area (Å²) in [7, 11) is 2.02. The van der Waals surface area contributed by atoms with E-state index >= 15 is 0 Å². The molecular formula is C13H20N2. The summed E-state index contributed by atoms with van der Waals surface area (Å²) in [6.45, 7) is 6.45. The van der Waals surface area contributed by atoms with Gasteiger partial charge in [0, 0.05) is 7.05 Å². The van der Waals surface area contributed by atoms with Crippen molar-refractivity contribution >= 4 is 6.08 Å². The third-order valence-electron chi connectivity index (χ3n) is 2.34. The summed E-state index contributed by atoms with van der Waals surface area (Å²) in [5.41, 5.74) is 3.96. The van der Waals surface area contributed by atoms with Gasteiger partial charge in [0.15, 0.2) is 0 Å². The van der Waals surface area contributed by atoms with Crippen LogP contribution >= 0.6 is 0 Å². The minimum absolute atomic E-state index is 1.12. The van der Waals surface area contributed by atoms with Crippen molar-refractivity contribution in [1.29, 1.82) is 0 Å². The van der Waals surface area contributed by atoms with Gasteiger partial charge in [-0.15, -0.1) is 0 Å². The van der Waals surface area contributed by atoms with E-state index in [2.05, 4.69) is 37.9 Å². The van der Waals surface area contributed by atoms with Crippen molar-refractivity contribution in [1.82, 2.24) is 9.55 Å². The lowest BCUT2D eigenvalue weighted by molar-refractivity contribution is 0.897. The fraction of sp³-hybridized carbons (Fsp3) is 0.462. The Kier molecular flexibility index (Phi) is 4.35. The molecule has 1 aromatic heterocycles. The first-order valence-corrected chi connectivity index (χ1v) is 5.36. The van der Waals surface area contributed by atoms with Crippen LogP contribution in [0, 0.1) is 0 Å². The van der Waals surface area contributed by atoms with Gasteiger partial charge in [-0.25, -0.2) is 4.98 Å². The zero-order valence-electron chi connectivity index (χ0n) is 10.1. The summed E-state index contributed by atoms with van der Waals surface area (Å²) in [5.74, 6) is 0. The van der Waals surface area contributed by atoms with Crippen LogP contribution in [0.15, 0.2) is 29.7 Å². The predicted molar refractivity (Wildman–Crippen MR) is 65.5 cm³/mol. The molecule has 0 amide bonds. The van der Waals surface area contributed by atoms with E-state index in [9.17, 15) is 0 Å². The van der Waals surface area contributed by atoms with E-state index in [4.69, 9.17) is 0 Å². The monoisotopic (exact) mass is 204 g/mol. The second kappa shape index (κ2) is 5.54. The van der Waals surface area contributed by atoms with E-state index in [-0.39, 0.29) is 0 Å². The molecule has 0 N–H and O–H groups in total. The molecule has 0 bridgehead atoms. The molecule has 2 nitrogen and oxygen atoms in total. The van der Waals surface area contributed by atoms with Gasteiger partial charge in [-0.1, -0.05) is 17.2 Å². The Balaban J connectivity index is 2.54. The van der Waals surface area contributed by atoms with E-state index in [1.54, 1.807) is 0 Å². The highest BCUT2D eigenvalue weighted by Crippen LogP contribution is 2.11.